The maximum absolute atomic E-state index is 13.3. The van der Waals surface area contributed by atoms with Crippen molar-refractivity contribution in [1.82, 2.24) is 19.9 Å². The maximum atomic E-state index is 13.3. The van der Waals surface area contributed by atoms with E-state index in [2.05, 4.69) is 19.9 Å². The summed E-state index contributed by atoms with van der Waals surface area (Å²) in [5, 5.41) is 0. The smallest absolute Gasteiger partial charge is 0.255 e. The molecular weight excluding hydrogens is 321 g/mol. The van der Waals surface area contributed by atoms with Gasteiger partial charge in [-0.2, -0.15) is 0 Å². The van der Waals surface area contributed by atoms with Crippen molar-refractivity contribution >= 4 is 17.4 Å². The van der Waals surface area contributed by atoms with Crippen molar-refractivity contribution in [2.24, 2.45) is 0 Å². The van der Waals surface area contributed by atoms with E-state index in [1.54, 1.807) is 23.5 Å². The summed E-state index contributed by atoms with van der Waals surface area (Å²) in [6.07, 6.45) is 8.60. The van der Waals surface area contributed by atoms with Gasteiger partial charge in [-0.1, -0.05) is 0 Å². The number of halogens is 1. The predicted octanol–water partition coefficient (Wildman–Crippen LogP) is 2.53. The molecule has 0 aliphatic carbocycles. The van der Waals surface area contributed by atoms with Crippen molar-refractivity contribution in [2.45, 2.75) is 31.9 Å². The van der Waals surface area contributed by atoms with Gasteiger partial charge in [0.1, 0.15) is 18.3 Å². The highest BCUT2D eigenvalue weighted by atomic mass is 19.1. The lowest BCUT2D eigenvalue weighted by molar-refractivity contribution is 0.0666. The topological polar surface area (TPSA) is 62.2 Å². The molecule has 0 saturated carbocycles. The summed E-state index contributed by atoms with van der Waals surface area (Å²) in [6.45, 7) is 1.81. The number of nitrogens with zero attached hydrogens (tertiary/aromatic N) is 5. The number of pyridine rings is 1. The van der Waals surface area contributed by atoms with Gasteiger partial charge in [0.2, 0.25) is 0 Å². The average Bonchev–Trinajstić information content (AvgIpc) is 2.68. The van der Waals surface area contributed by atoms with Crippen LogP contribution in [0.2, 0.25) is 0 Å². The monoisotopic (exact) mass is 341 g/mol. The molecule has 4 heterocycles. The number of likely N-dealkylation sites (tertiary alicyclic amines) is 1. The molecule has 0 unspecified atom stereocenters. The van der Waals surface area contributed by atoms with Crippen molar-refractivity contribution in [1.29, 1.82) is 0 Å². The van der Waals surface area contributed by atoms with E-state index in [1.165, 1.54) is 6.33 Å². The SMILES string of the molecule is O=C(c1cnc2c(c1)CCCN2c1cncnc1)N1CCC(F)CC1. The molecule has 1 amide bonds. The highest BCUT2D eigenvalue weighted by Crippen LogP contribution is 2.31. The number of anilines is 2. The highest BCUT2D eigenvalue weighted by Gasteiger charge is 2.26. The second kappa shape index (κ2) is 6.74. The fourth-order valence-corrected chi connectivity index (χ4v) is 3.50. The first-order chi connectivity index (χ1) is 12.2. The first kappa shape index (κ1) is 15.9. The molecule has 0 radical (unpaired) electrons. The third kappa shape index (κ3) is 3.18. The minimum absolute atomic E-state index is 0.0534. The summed E-state index contributed by atoms with van der Waals surface area (Å²) in [4.78, 5) is 29.2. The molecule has 1 saturated heterocycles. The molecule has 0 bridgehead atoms. The molecule has 0 atom stereocenters. The second-order valence-electron chi connectivity index (χ2n) is 6.53. The summed E-state index contributed by atoms with van der Waals surface area (Å²) in [5.74, 6) is 0.808. The quantitative estimate of drug-likeness (QED) is 0.840. The Morgan fingerprint density at radius 1 is 1.12 bits per heavy atom. The maximum Gasteiger partial charge on any atom is 0.255 e. The number of amides is 1. The molecule has 2 aromatic rings. The first-order valence-electron chi connectivity index (χ1n) is 8.67. The van der Waals surface area contributed by atoms with Gasteiger partial charge >= 0.3 is 0 Å². The van der Waals surface area contributed by atoms with E-state index in [-0.39, 0.29) is 5.91 Å². The van der Waals surface area contributed by atoms with E-state index >= 15 is 0 Å². The molecule has 1 fully saturated rings. The van der Waals surface area contributed by atoms with Gasteiger partial charge in [0.05, 0.1) is 23.6 Å². The van der Waals surface area contributed by atoms with E-state index in [4.69, 9.17) is 0 Å². The van der Waals surface area contributed by atoms with Crippen molar-refractivity contribution in [3.8, 4) is 0 Å². The summed E-state index contributed by atoms with van der Waals surface area (Å²) in [5.41, 5.74) is 2.54. The van der Waals surface area contributed by atoms with Gasteiger partial charge in [-0.3, -0.25) is 4.79 Å². The number of aryl methyl sites for hydroxylation is 1. The minimum Gasteiger partial charge on any atom is -0.338 e. The van der Waals surface area contributed by atoms with Gasteiger partial charge in [0.15, 0.2) is 0 Å². The van der Waals surface area contributed by atoms with Gasteiger partial charge in [-0.05, 0) is 37.3 Å². The predicted molar refractivity (Wildman–Crippen MR) is 91.6 cm³/mol. The van der Waals surface area contributed by atoms with Gasteiger partial charge < -0.3 is 9.80 Å². The third-order valence-electron chi connectivity index (χ3n) is 4.84. The molecule has 6 nitrogen and oxygen atoms in total. The van der Waals surface area contributed by atoms with Crippen LogP contribution in [0, 0.1) is 0 Å². The Bertz CT molecular complexity index is 761. The van der Waals surface area contributed by atoms with Crippen LogP contribution in [0.4, 0.5) is 15.9 Å². The number of hydrogen-bond acceptors (Lipinski definition) is 5. The zero-order valence-electron chi connectivity index (χ0n) is 13.9. The summed E-state index contributed by atoms with van der Waals surface area (Å²) < 4.78 is 13.3. The van der Waals surface area contributed by atoms with Crippen LogP contribution in [-0.4, -0.2) is 51.6 Å². The number of piperidine rings is 1. The average molecular weight is 341 g/mol. The van der Waals surface area contributed by atoms with E-state index < -0.39 is 6.17 Å². The van der Waals surface area contributed by atoms with Crippen molar-refractivity contribution in [2.75, 3.05) is 24.5 Å². The molecule has 2 aromatic heterocycles. The number of rotatable bonds is 2. The van der Waals surface area contributed by atoms with Gasteiger partial charge in [-0.15, -0.1) is 0 Å². The Kier molecular flexibility index (Phi) is 4.29. The zero-order chi connectivity index (χ0) is 17.2. The molecule has 2 aliphatic heterocycles. The fourth-order valence-electron chi connectivity index (χ4n) is 3.50. The van der Waals surface area contributed by atoms with Crippen LogP contribution >= 0.6 is 0 Å². The molecule has 4 rings (SSSR count). The largest absolute Gasteiger partial charge is 0.338 e. The van der Waals surface area contributed by atoms with Crippen molar-refractivity contribution in [3.63, 3.8) is 0 Å². The number of carbonyl (C=O) groups excluding carboxylic acids is 1. The summed E-state index contributed by atoms with van der Waals surface area (Å²) >= 11 is 0. The van der Waals surface area contributed by atoms with Crippen molar-refractivity contribution < 1.29 is 9.18 Å². The Balaban J connectivity index is 1.58. The zero-order valence-corrected chi connectivity index (χ0v) is 13.9. The molecule has 0 N–H and O–H groups in total. The molecule has 2 aliphatic rings. The Hall–Kier alpha value is -2.57. The normalized spacial score (nSPS) is 18.1. The highest BCUT2D eigenvalue weighted by molar-refractivity contribution is 5.94. The minimum atomic E-state index is -0.785. The van der Waals surface area contributed by atoms with Crippen LogP contribution in [0.3, 0.4) is 0 Å². The van der Waals surface area contributed by atoms with Crippen LogP contribution in [0.5, 0.6) is 0 Å². The number of alkyl halides is 1. The molecule has 25 heavy (non-hydrogen) atoms. The molecule has 0 spiro atoms. The molecular formula is C18H20FN5O. The molecule has 7 heteroatoms. The van der Waals surface area contributed by atoms with Crippen LogP contribution in [0.25, 0.3) is 0 Å². The number of aromatic nitrogens is 3. The lowest BCUT2D eigenvalue weighted by Crippen LogP contribution is -2.39. The van der Waals surface area contributed by atoms with Crippen LogP contribution in [0.15, 0.2) is 31.0 Å². The van der Waals surface area contributed by atoms with Gasteiger partial charge in [-0.25, -0.2) is 19.3 Å². The van der Waals surface area contributed by atoms with Crippen LogP contribution in [-0.2, 0) is 6.42 Å². The second-order valence-corrected chi connectivity index (χ2v) is 6.53. The Labute approximate surface area is 145 Å². The first-order valence-corrected chi connectivity index (χ1v) is 8.67. The van der Waals surface area contributed by atoms with E-state index in [9.17, 15) is 9.18 Å². The fraction of sp³-hybridized carbons (Fsp3) is 0.444. The number of fused-ring (bicyclic) bond motifs is 1. The van der Waals surface area contributed by atoms with Crippen LogP contribution in [0.1, 0.15) is 35.2 Å². The Morgan fingerprint density at radius 2 is 1.88 bits per heavy atom. The van der Waals surface area contributed by atoms with E-state index in [0.29, 0.717) is 31.5 Å². The van der Waals surface area contributed by atoms with Gasteiger partial charge in [0.25, 0.3) is 5.91 Å². The van der Waals surface area contributed by atoms with E-state index in [1.807, 2.05) is 6.07 Å². The number of hydrogen-bond donors (Lipinski definition) is 0. The summed E-state index contributed by atoms with van der Waals surface area (Å²) in [7, 11) is 0. The standard InChI is InChI=1S/C18H20FN5O/c19-15-3-6-23(7-4-15)18(25)14-8-13-2-1-5-24(17(13)22-9-14)16-10-20-12-21-11-16/h8-12,15H,1-7H2. The molecule has 0 aromatic carbocycles. The lowest BCUT2D eigenvalue weighted by Gasteiger charge is -2.31. The molecule has 130 valence electrons. The van der Waals surface area contributed by atoms with Crippen molar-refractivity contribution in [3.05, 3.63) is 42.1 Å². The Morgan fingerprint density at radius 3 is 2.64 bits per heavy atom. The van der Waals surface area contributed by atoms with Crippen LogP contribution < -0.4 is 4.90 Å². The third-order valence-corrected chi connectivity index (χ3v) is 4.84. The van der Waals surface area contributed by atoms with Gasteiger partial charge in [0, 0.05) is 25.8 Å². The van der Waals surface area contributed by atoms with E-state index in [0.717, 1.165) is 36.5 Å². The summed E-state index contributed by atoms with van der Waals surface area (Å²) in [6, 6.07) is 1.93. The lowest BCUT2D eigenvalue weighted by atomic mass is 10.0. The number of carbonyl (C=O) groups is 1.